The predicted octanol–water partition coefficient (Wildman–Crippen LogP) is 1.20. The number of hydrogen-bond acceptors (Lipinski definition) is 4. The molecule has 21 heavy (non-hydrogen) atoms. The monoisotopic (exact) mass is 295 g/mol. The van der Waals surface area contributed by atoms with Crippen LogP contribution in [0, 0.1) is 5.82 Å². The van der Waals surface area contributed by atoms with Gasteiger partial charge in [0.2, 0.25) is 5.91 Å². The second-order valence-corrected chi connectivity index (χ2v) is 5.19. The largest absolute Gasteiger partial charge is 0.377 e. The number of halogens is 1. The normalized spacial score (nSPS) is 16.9. The molecule has 1 aliphatic heterocycles. The zero-order valence-corrected chi connectivity index (χ0v) is 12.1. The van der Waals surface area contributed by atoms with E-state index >= 15 is 0 Å². The maximum Gasteiger partial charge on any atom is 0.238 e. The molecule has 1 heterocycles. The van der Waals surface area contributed by atoms with Crippen molar-refractivity contribution in [3.05, 3.63) is 30.1 Å². The maximum absolute atomic E-state index is 13.0. The van der Waals surface area contributed by atoms with Gasteiger partial charge in [-0.05, 0) is 31.0 Å². The van der Waals surface area contributed by atoms with E-state index in [1.54, 1.807) is 12.1 Å². The molecule has 1 fully saturated rings. The summed E-state index contributed by atoms with van der Waals surface area (Å²) < 4.78 is 18.6. The summed E-state index contributed by atoms with van der Waals surface area (Å²) >= 11 is 0. The molecule has 0 aliphatic carbocycles. The summed E-state index contributed by atoms with van der Waals surface area (Å²) in [6, 6.07) is 5.91. The average Bonchev–Trinajstić information content (AvgIpc) is 2.46. The van der Waals surface area contributed by atoms with Gasteiger partial charge in [-0.2, -0.15) is 0 Å². The summed E-state index contributed by atoms with van der Waals surface area (Å²) in [5.74, 6) is -0.479. The van der Waals surface area contributed by atoms with Crippen molar-refractivity contribution in [3.8, 4) is 0 Å². The number of piperidine rings is 1. The quantitative estimate of drug-likeness (QED) is 0.827. The Kier molecular flexibility index (Phi) is 6.10. The highest BCUT2D eigenvalue weighted by Gasteiger charge is 2.21. The Labute approximate surface area is 124 Å². The van der Waals surface area contributed by atoms with Gasteiger partial charge in [-0.15, -0.1) is 0 Å². The number of likely N-dealkylation sites (tertiary alicyclic amines) is 1. The van der Waals surface area contributed by atoms with Crippen LogP contribution in [0.15, 0.2) is 24.3 Å². The Hall–Kier alpha value is -1.50. The smallest absolute Gasteiger partial charge is 0.238 e. The molecule has 0 atom stereocenters. The number of anilines is 1. The highest BCUT2D eigenvalue weighted by Crippen LogP contribution is 2.14. The first-order valence-electron chi connectivity index (χ1n) is 7.27. The molecular formula is C15H22FN3O2. The third-order valence-electron chi connectivity index (χ3n) is 3.48. The Morgan fingerprint density at radius 2 is 2.19 bits per heavy atom. The minimum atomic E-state index is -0.356. The molecule has 5 nitrogen and oxygen atoms in total. The Morgan fingerprint density at radius 3 is 2.86 bits per heavy atom. The van der Waals surface area contributed by atoms with Gasteiger partial charge in [-0.3, -0.25) is 9.69 Å². The van der Waals surface area contributed by atoms with Gasteiger partial charge in [-0.1, -0.05) is 6.07 Å². The number of amides is 1. The molecule has 0 radical (unpaired) electrons. The van der Waals surface area contributed by atoms with Crippen LogP contribution in [0.3, 0.4) is 0 Å². The van der Waals surface area contributed by atoms with E-state index in [-0.39, 0.29) is 17.8 Å². The lowest BCUT2D eigenvalue weighted by Gasteiger charge is -2.31. The van der Waals surface area contributed by atoms with Crippen molar-refractivity contribution in [2.24, 2.45) is 5.73 Å². The van der Waals surface area contributed by atoms with Crippen molar-refractivity contribution in [2.45, 2.75) is 18.9 Å². The van der Waals surface area contributed by atoms with E-state index in [1.807, 2.05) is 0 Å². The lowest BCUT2D eigenvalue weighted by atomic mass is 10.1. The van der Waals surface area contributed by atoms with E-state index in [0.717, 1.165) is 25.9 Å². The summed E-state index contributed by atoms with van der Waals surface area (Å²) in [5.41, 5.74) is 5.89. The highest BCUT2D eigenvalue weighted by atomic mass is 19.1. The Morgan fingerprint density at radius 1 is 1.43 bits per heavy atom. The fourth-order valence-electron chi connectivity index (χ4n) is 2.44. The number of nitrogens with one attached hydrogen (secondary N) is 1. The van der Waals surface area contributed by atoms with Gasteiger partial charge in [0, 0.05) is 25.3 Å². The van der Waals surface area contributed by atoms with Crippen molar-refractivity contribution in [3.63, 3.8) is 0 Å². The van der Waals surface area contributed by atoms with Crippen LogP contribution in [0.2, 0.25) is 0 Å². The molecule has 0 aromatic heterocycles. The van der Waals surface area contributed by atoms with Crippen molar-refractivity contribution in [1.82, 2.24) is 4.90 Å². The standard InChI is InChI=1S/C15H22FN3O2/c16-12-2-1-3-13(10-12)18-15(20)11-19-7-4-14(5-8-19)21-9-6-17/h1-3,10,14H,4-9,11,17H2,(H,18,20). The van der Waals surface area contributed by atoms with E-state index in [0.29, 0.717) is 25.4 Å². The molecule has 1 aromatic rings. The highest BCUT2D eigenvalue weighted by molar-refractivity contribution is 5.92. The number of nitrogens with two attached hydrogens (primary N) is 1. The van der Waals surface area contributed by atoms with E-state index in [9.17, 15) is 9.18 Å². The van der Waals surface area contributed by atoms with Crippen LogP contribution >= 0.6 is 0 Å². The SMILES string of the molecule is NCCOC1CCN(CC(=O)Nc2cccc(F)c2)CC1. The molecule has 1 amide bonds. The number of carbonyl (C=O) groups is 1. The van der Waals surface area contributed by atoms with Gasteiger partial charge < -0.3 is 15.8 Å². The number of nitrogens with zero attached hydrogens (tertiary/aromatic N) is 1. The van der Waals surface area contributed by atoms with Crippen molar-refractivity contribution >= 4 is 11.6 Å². The molecule has 3 N–H and O–H groups in total. The molecule has 0 spiro atoms. The third kappa shape index (κ3) is 5.41. The molecule has 1 saturated heterocycles. The summed E-state index contributed by atoms with van der Waals surface area (Å²) in [7, 11) is 0. The minimum absolute atomic E-state index is 0.123. The molecule has 2 rings (SSSR count). The number of ether oxygens (including phenoxy) is 1. The number of hydrogen-bond donors (Lipinski definition) is 2. The lowest BCUT2D eigenvalue weighted by Crippen LogP contribution is -2.41. The molecule has 6 heteroatoms. The van der Waals surface area contributed by atoms with Crippen LogP contribution in [-0.2, 0) is 9.53 Å². The Bertz CT molecular complexity index is 462. The van der Waals surface area contributed by atoms with Crippen LogP contribution < -0.4 is 11.1 Å². The zero-order chi connectivity index (χ0) is 15.1. The summed E-state index contributed by atoms with van der Waals surface area (Å²) in [6.07, 6.45) is 2.07. The number of rotatable bonds is 6. The van der Waals surface area contributed by atoms with Crippen LogP contribution in [0.4, 0.5) is 10.1 Å². The van der Waals surface area contributed by atoms with Crippen molar-refractivity contribution < 1.29 is 13.9 Å². The van der Waals surface area contributed by atoms with Crippen molar-refractivity contribution in [1.29, 1.82) is 0 Å². The zero-order valence-electron chi connectivity index (χ0n) is 12.1. The number of carbonyl (C=O) groups excluding carboxylic acids is 1. The van der Waals surface area contributed by atoms with Crippen LogP contribution in [0.25, 0.3) is 0 Å². The fourth-order valence-corrected chi connectivity index (χ4v) is 2.44. The van der Waals surface area contributed by atoms with Crippen LogP contribution in [0.5, 0.6) is 0 Å². The first-order valence-corrected chi connectivity index (χ1v) is 7.27. The van der Waals surface area contributed by atoms with Crippen molar-refractivity contribution in [2.75, 3.05) is 38.1 Å². The number of benzene rings is 1. The van der Waals surface area contributed by atoms with E-state index in [4.69, 9.17) is 10.5 Å². The van der Waals surface area contributed by atoms with Gasteiger partial charge in [0.05, 0.1) is 19.3 Å². The first kappa shape index (κ1) is 15.9. The fraction of sp³-hybridized carbons (Fsp3) is 0.533. The molecule has 116 valence electrons. The topological polar surface area (TPSA) is 67.6 Å². The van der Waals surface area contributed by atoms with Gasteiger partial charge in [0.1, 0.15) is 5.82 Å². The first-order chi connectivity index (χ1) is 10.2. The molecule has 1 aromatic carbocycles. The molecule has 0 bridgehead atoms. The minimum Gasteiger partial charge on any atom is -0.377 e. The van der Waals surface area contributed by atoms with Gasteiger partial charge in [0.25, 0.3) is 0 Å². The third-order valence-corrected chi connectivity index (χ3v) is 3.48. The van der Waals surface area contributed by atoms with Gasteiger partial charge in [-0.25, -0.2) is 4.39 Å². The van der Waals surface area contributed by atoms with Crippen LogP contribution in [-0.4, -0.2) is 49.7 Å². The average molecular weight is 295 g/mol. The maximum atomic E-state index is 13.0. The second-order valence-electron chi connectivity index (χ2n) is 5.19. The van der Waals surface area contributed by atoms with Gasteiger partial charge >= 0.3 is 0 Å². The Balaban J connectivity index is 1.72. The van der Waals surface area contributed by atoms with E-state index in [1.165, 1.54) is 12.1 Å². The lowest BCUT2D eigenvalue weighted by molar-refractivity contribution is -0.118. The summed E-state index contributed by atoms with van der Waals surface area (Å²) in [4.78, 5) is 14.0. The second kappa shape index (κ2) is 8.07. The molecule has 0 unspecified atom stereocenters. The molecular weight excluding hydrogens is 273 g/mol. The van der Waals surface area contributed by atoms with Gasteiger partial charge in [0.15, 0.2) is 0 Å². The summed E-state index contributed by atoms with van der Waals surface area (Å²) in [6.45, 7) is 3.10. The van der Waals surface area contributed by atoms with E-state index < -0.39 is 0 Å². The van der Waals surface area contributed by atoms with E-state index in [2.05, 4.69) is 10.2 Å². The van der Waals surface area contributed by atoms with Crippen LogP contribution in [0.1, 0.15) is 12.8 Å². The molecule has 1 aliphatic rings. The predicted molar refractivity (Wildman–Crippen MR) is 79.5 cm³/mol. The molecule has 0 saturated carbocycles. The summed E-state index contributed by atoms with van der Waals surface area (Å²) in [5, 5.41) is 2.71.